The Morgan fingerprint density at radius 2 is 1.47 bits per heavy atom. The van der Waals surface area contributed by atoms with Gasteiger partial charge in [-0.15, -0.1) is 0 Å². The molecule has 0 bridgehead atoms. The lowest BCUT2D eigenvalue weighted by Crippen LogP contribution is -2.45. The summed E-state index contributed by atoms with van der Waals surface area (Å²) in [5.74, 6) is 0. The molecule has 0 atom stereocenters. The quantitative estimate of drug-likeness (QED) is 0.236. The fourth-order valence-electron chi connectivity index (χ4n) is 3.07. The van der Waals surface area contributed by atoms with E-state index in [-0.39, 0.29) is 0 Å². The summed E-state index contributed by atoms with van der Waals surface area (Å²) in [6.45, 7) is 5.92. The third-order valence-corrected chi connectivity index (χ3v) is 5.30. The molecule has 1 aliphatic heterocycles. The topological polar surface area (TPSA) is 23.8 Å². The first-order valence-corrected chi connectivity index (χ1v) is 9.04. The van der Waals surface area contributed by atoms with E-state index in [9.17, 15) is 0 Å². The lowest BCUT2D eigenvalue weighted by atomic mass is 10.1. The van der Waals surface area contributed by atoms with Crippen LogP contribution in [0.2, 0.25) is 0 Å². The van der Waals surface area contributed by atoms with Gasteiger partial charge >= 0.3 is 0 Å². The highest BCUT2D eigenvalue weighted by Crippen LogP contribution is 2.29. The largest absolute Gasteiger partial charge is 0.248 e. The van der Waals surface area contributed by atoms with E-state index in [1.807, 2.05) is 0 Å². The lowest BCUT2D eigenvalue weighted by Gasteiger charge is -2.36. The van der Waals surface area contributed by atoms with Gasteiger partial charge in [-0.05, 0) is 32.1 Å². The summed E-state index contributed by atoms with van der Waals surface area (Å²) >= 11 is 1.52. The van der Waals surface area contributed by atoms with Gasteiger partial charge in [-0.25, -0.2) is 3.89 Å². The molecule has 1 rings (SSSR count). The highest BCUT2D eigenvalue weighted by atomic mass is 32.2. The maximum absolute atomic E-state index is 9.00. The highest BCUT2D eigenvalue weighted by Gasteiger charge is 2.31. The van der Waals surface area contributed by atoms with Gasteiger partial charge in [0.2, 0.25) is 0 Å². The molecule has 19 heavy (non-hydrogen) atoms. The van der Waals surface area contributed by atoms with Crippen molar-refractivity contribution in [2.75, 3.05) is 19.6 Å². The minimum atomic E-state index is 1.02. The van der Waals surface area contributed by atoms with E-state index in [0.717, 1.165) is 3.89 Å². The summed E-state index contributed by atoms with van der Waals surface area (Å²) in [6.07, 6.45) is 15.0. The molecular formula is C16H31N2S+. The average Bonchev–Trinajstić information content (AvgIpc) is 2.43. The van der Waals surface area contributed by atoms with Crippen molar-refractivity contribution in [1.29, 1.82) is 5.26 Å². The molecule has 110 valence electrons. The van der Waals surface area contributed by atoms with Crippen molar-refractivity contribution in [3.05, 3.63) is 0 Å². The van der Waals surface area contributed by atoms with Crippen molar-refractivity contribution in [2.45, 2.75) is 77.6 Å². The number of piperidine rings is 1. The lowest BCUT2D eigenvalue weighted by molar-refractivity contribution is -0.800. The number of likely N-dealkylation sites (tertiary alicyclic amines) is 1. The molecule has 0 aromatic carbocycles. The fourth-order valence-corrected chi connectivity index (χ4v) is 3.90. The molecular weight excluding hydrogens is 252 g/mol. The van der Waals surface area contributed by atoms with Gasteiger partial charge in [0.15, 0.2) is 17.3 Å². The first-order valence-electron chi connectivity index (χ1n) is 8.27. The van der Waals surface area contributed by atoms with E-state index >= 15 is 0 Å². The van der Waals surface area contributed by atoms with E-state index in [1.165, 1.54) is 102 Å². The van der Waals surface area contributed by atoms with Crippen LogP contribution in [0, 0.1) is 10.7 Å². The number of thiocyanates is 1. The molecule has 1 heterocycles. The standard InChI is InChI=1S/C16H31N2S/c1-2-3-4-5-6-7-8-10-13-18(19-16-17)14-11-9-12-15-18/h2-15H2,1H3/q+1. The van der Waals surface area contributed by atoms with Crippen LogP contribution in [-0.4, -0.2) is 23.5 Å². The maximum Gasteiger partial charge on any atom is 0.196 e. The van der Waals surface area contributed by atoms with Crippen LogP contribution in [-0.2, 0) is 0 Å². The van der Waals surface area contributed by atoms with Gasteiger partial charge in [-0.1, -0.05) is 45.4 Å². The predicted octanol–water partition coefficient (Wildman–Crippen LogP) is 5.26. The number of nitrogens with zero attached hydrogens (tertiary/aromatic N) is 2. The van der Waals surface area contributed by atoms with Gasteiger partial charge in [0.05, 0.1) is 19.6 Å². The summed E-state index contributed by atoms with van der Waals surface area (Å²) in [6, 6.07) is 0. The zero-order valence-electron chi connectivity index (χ0n) is 12.7. The molecule has 0 spiro atoms. The van der Waals surface area contributed by atoms with Crippen LogP contribution in [0.1, 0.15) is 77.6 Å². The summed E-state index contributed by atoms with van der Waals surface area (Å²) < 4.78 is 1.02. The smallest absolute Gasteiger partial charge is 0.196 e. The Hall–Kier alpha value is -0.200. The molecule has 0 unspecified atom stereocenters. The van der Waals surface area contributed by atoms with Crippen molar-refractivity contribution in [3.63, 3.8) is 0 Å². The summed E-state index contributed by atoms with van der Waals surface area (Å²) in [7, 11) is 0. The van der Waals surface area contributed by atoms with E-state index in [2.05, 4.69) is 12.3 Å². The second kappa shape index (κ2) is 10.6. The molecule has 0 aliphatic carbocycles. The Labute approximate surface area is 124 Å². The summed E-state index contributed by atoms with van der Waals surface area (Å²) in [4.78, 5) is 0. The van der Waals surface area contributed by atoms with Gasteiger partial charge < -0.3 is 0 Å². The molecule has 0 amide bonds. The van der Waals surface area contributed by atoms with Gasteiger partial charge in [0.25, 0.3) is 0 Å². The van der Waals surface area contributed by atoms with Crippen molar-refractivity contribution in [2.24, 2.45) is 0 Å². The number of hydrogen-bond donors (Lipinski definition) is 0. The SMILES string of the molecule is CCCCCCCCCC[N+]1(SC#N)CCCCC1. The molecule has 3 heteroatoms. The molecule has 2 nitrogen and oxygen atoms in total. The van der Waals surface area contributed by atoms with Gasteiger partial charge in [-0.3, -0.25) is 0 Å². The zero-order chi connectivity index (χ0) is 13.8. The van der Waals surface area contributed by atoms with E-state index in [0.29, 0.717) is 0 Å². The van der Waals surface area contributed by atoms with Gasteiger partial charge in [0.1, 0.15) is 0 Å². The summed E-state index contributed by atoms with van der Waals surface area (Å²) in [5, 5.41) is 11.3. The second-order valence-corrected chi connectivity index (χ2v) is 7.09. The average molecular weight is 284 g/mol. The Balaban J connectivity index is 2.07. The van der Waals surface area contributed by atoms with Crippen molar-refractivity contribution in [3.8, 4) is 5.40 Å². The van der Waals surface area contributed by atoms with E-state index in [4.69, 9.17) is 5.26 Å². The normalized spacial score (nSPS) is 18.1. The molecule has 0 radical (unpaired) electrons. The van der Waals surface area contributed by atoms with Crippen LogP contribution in [0.5, 0.6) is 0 Å². The first kappa shape index (κ1) is 16.9. The Morgan fingerprint density at radius 3 is 2.05 bits per heavy atom. The summed E-state index contributed by atoms with van der Waals surface area (Å²) in [5.41, 5.74) is 0. The highest BCUT2D eigenvalue weighted by molar-refractivity contribution is 7.98. The second-order valence-electron chi connectivity index (χ2n) is 5.95. The van der Waals surface area contributed by atoms with Crippen LogP contribution >= 0.6 is 11.9 Å². The Morgan fingerprint density at radius 1 is 0.895 bits per heavy atom. The number of unbranched alkanes of at least 4 members (excludes halogenated alkanes) is 7. The molecule has 1 aliphatic rings. The number of nitriles is 1. The molecule has 1 saturated heterocycles. The van der Waals surface area contributed by atoms with Crippen LogP contribution in [0.15, 0.2) is 0 Å². The third kappa shape index (κ3) is 7.22. The Kier molecular flexibility index (Phi) is 9.38. The fraction of sp³-hybridized carbons (Fsp3) is 0.938. The van der Waals surface area contributed by atoms with Crippen LogP contribution < -0.4 is 0 Å². The van der Waals surface area contributed by atoms with Crippen LogP contribution in [0.3, 0.4) is 0 Å². The van der Waals surface area contributed by atoms with Gasteiger partial charge in [-0.2, -0.15) is 5.26 Å². The Bertz CT molecular complexity index is 254. The van der Waals surface area contributed by atoms with Crippen molar-refractivity contribution >= 4 is 11.9 Å². The number of hydrogen-bond acceptors (Lipinski definition) is 2. The van der Waals surface area contributed by atoms with Crippen LogP contribution in [0.4, 0.5) is 0 Å². The first-order chi connectivity index (χ1) is 9.33. The minimum absolute atomic E-state index is 1.02. The molecule has 0 aromatic rings. The third-order valence-electron chi connectivity index (χ3n) is 4.28. The van der Waals surface area contributed by atoms with E-state index in [1.54, 1.807) is 0 Å². The number of quaternary nitrogens is 1. The van der Waals surface area contributed by atoms with Crippen LogP contribution in [0.25, 0.3) is 0 Å². The maximum atomic E-state index is 9.00. The monoisotopic (exact) mass is 283 g/mol. The van der Waals surface area contributed by atoms with Gasteiger partial charge in [0, 0.05) is 0 Å². The molecule has 0 saturated carbocycles. The molecule has 1 fully saturated rings. The minimum Gasteiger partial charge on any atom is -0.248 e. The molecule has 0 N–H and O–H groups in total. The predicted molar refractivity (Wildman–Crippen MR) is 84.5 cm³/mol. The van der Waals surface area contributed by atoms with Crippen molar-refractivity contribution in [1.82, 2.24) is 0 Å². The van der Waals surface area contributed by atoms with Crippen molar-refractivity contribution < 1.29 is 3.89 Å². The zero-order valence-corrected chi connectivity index (χ0v) is 13.5. The van der Waals surface area contributed by atoms with E-state index < -0.39 is 0 Å². The molecule has 0 aromatic heterocycles. The number of rotatable bonds is 10.